The van der Waals surface area contributed by atoms with Gasteiger partial charge in [0, 0.05) is 7.11 Å². The van der Waals surface area contributed by atoms with E-state index in [-0.39, 0.29) is 0 Å². The van der Waals surface area contributed by atoms with E-state index in [4.69, 9.17) is 5.11 Å². The maximum absolute atomic E-state index is 12.6. The van der Waals surface area contributed by atoms with Gasteiger partial charge in [-0.05, 0) is 0 Å². The van der Waals surface area contributed by atoms with Crippen LogP contribution < -0.4 is 5.90 Å². The highest BCUT2D eigenvalue weighted by atomic mass is 19.2. The van der Waals surface area contributed by atoms with Crippen molar-refractivity contribution in [3.05, 3.63) is 0 Å². The number of carbonyl (C=O) groups is 1. The molecular weight excluding hydrogens is 145 g/mol. The van der Waals surface area contributed by atoms with Crippen molar-refractivity contribution in [1.82, 2.24) is 0 Å². The summed E-state index contributed by atoms with van der Waals surface area (Å²) in [4.78, 5) is 13.5. The summed E-state index contributed by atoms with van der Waals surface area (Å²) in [6, 6.07) is 0. The molecule has 0 heterocycles. The summed E-state index contributed by atoms with van der Waals surface area (Å²) in [7, 11) is 1.14. The predicted molar refractivity (Wildman–Crippen MR) is 28.6 cm³/mol. The Bertz CT molecular complexity index is 130. The van der Waals surface area contributed by atoms with E-state index in [1.807, 2.05) is 0 Å². The summed E-state index contributed by atoms with van der Waals surface area (Å²) in [6.45, 7) is -0.737. The number of carboxylic acids is 1. The first-order chi connectivity index (χ1) is 4.56. The Morgan fingerprint density at radius 3 is 2.50 bits per heavy atom. The average Bonchev–Trinajstić information content (AvgIpc) is 1.88. The van der Waals surface area contributed by atoms with Gasteiger partial charge in [-0.25, -0.2) is 10.7 Å². The van der Waals surface area contributed by atoms with Crippen LogP contribution in [0.3, 0.4) is 0 Å². The quantitative estimate of drug-likeness (QED) is 0.520. The molecule has 0 aromatic heterocycles. The molecule has 0 aliphatic carbocycles. The molecule has 0 radical (unpaired) electrons. The fourth-order valence-corrected chi connectivity index (χ4v) is 0.332. The Kier molecular flexibility index (Phi) is 3.20. The molecule has 60 valence electrons. The SMILES string of the molecule is COC[C@@](F)(ON)C(=O)O. The fourth-order valence-electron chi connectivity index (χ4n) is 0.332. The standard InChI is InChI=1S/C4H8FNO4/c1-9-2-4(5,10-6)3(7)8/h2,6H2,1H3,(H,7,8)/t4-/m1/s1. The summed E-state index contributed by atoms with van der Waals surface area (Å²) < 4.78 is 16.8. The lowest BCUT2D eigenvalue weighted by Gasteiger charge is -2.15. The van der Waals surface area contributed by atoms with Gasteiger partial charge in [-0.15, -0.1) is 0 Å². The molecule has 0 fully saturated rings. The van der Waals surface area contributed by atoms with Crippen LogP contribution in [0, 0.1) is 0 Å². The van der Waals surface area contributed by atoms with Crippen molar-refractivity contribution in [2.45, 2.75) is 5.85 Å². The molecule has 0 aromatic rings. The van der Waals surface area contributed by atoms with Crippen molar-refractivity contribution in [1.29, 1.82) is 0 Å². The number of alkyl halides is 1. The third-order valence-corrected chi connectivity index (χ3v) is 0.836. The molecule has 0 saturated carbocycles. The number of halogens is 1. The molecule has 0 rings (SSSR count). The summed E-state index contributed by atoms with van der Waals surface area (Å²) in [6.07, 6.45) is 0. The third-order valence-electron chi connectivity index (χ3n) is 0.836. The first-order valence-corrected chi connectivity index (χ1v) is 2.36. The van der Waals surface area contributed by atoms with Crippen molar-refractivity contribution < 1.29 is 23.9 Å². The summed E-state index contributed by atoms with van der Waals surface area (Å²) in [5.74, 6) is -0.386. The molecule has 6 heteroatoms. The first-order valence-electron chi connectivity index (χ1n) is 2.36. The lowest BCUT2D eigenvalue weighted by Crippen LogP contribution is -2.43. The number of hydrogen-bond donors (Lipinski definition) is 2. The second-order valence-electron chi connectivity index (χ2n) is 1.58. The van der Waals surface area contributed by atoms with Crippen LogP contribution in [0.25, 0.3) is 0 Å². The Balaban J connectivity index is 4.08. The number of rotatable bonds is 4. The summed E-state index contributed by atoms with van der Waals surface area (Å²) >= 11 is 0. The van der Waals surface area contributed by atoms with Gasteiger partial charge in [-0.1, -0.05) is 0 Å². The third kappa shape index (κ3) is 1.90. The van der Waals surface area contributed by atoms with Gasteiger partial charge in [0.15, 0.2) is 0 Å². The summed E-state index contributed by atoms with van der Waals surface area (Å²) in [5, 5.41) is 8.10. The maximum atomic E-state index is 12.6. The zero-order valence-electron chi connectivity index (χ0n) is 5.33. The minimum Gasteiger partial charge on any atom is -0.477 e. The van der Waals surface area contributed by atoms with Gasteiger partial charge in [0.05, 0.1) is 0 Å². The first kappa shape index (κ1) is 9.28. The Morgan fingerprint density at radius 2 is 2.40 bits per heavy atom. The van der Waals surface area contributed by atoms with Crippen LogP contribution in [0.4, 0.5) is 4.39 Å². The highest BCUT2D eigenvalue weighted by Crippen LogP contribution is 2.10. The molecule has 0 spiro atoms. The molecule has 0 aliphatic heterocycles. The fraction of sp³-hybridized carbons (Fsp3) is 0.750. The normalized spacial score (nSPS) is 16.3. The van der Waals surface area contributed by atoms with Crippen molar-refractivity contribution >= 4 is 5.97 Å². The topological polar surface area (TPSA) is 81.8 Å². The molecule has 0 bridgehead atoms. The largest absolute Gasteiger partial charge is 0.477 e. The molecular formula is C4H8FNO4. The van der Waals surface area contributed by atoms with Gasteiger partial charge in [0.25, 0.3) is 0 Å². The number of methoxy groups -OCH3 is 1. The van der Waals surface area contributed by atoms with E-state index in [2.05, 4.69) is 15.5 Å². The Labute approximate surface area is 56.5 Å². The number of aliphatic carboxylic acids is 1. The molecule has 3 N–H and O–H groups in total. The molecule has 1 atom stereocenters. The van der Waals surface area contributed by atoms with Gasteiger partial charge >= 0.3 is 11.8 Å². The highest BCUT2D eigenvalue weighted by Gasteiger charge is 2.40. The number of ether oxygens (including phenoxy) is 1. The van der Waals surface area contributed by atoms with Crippen LogP contribution in [0.1, 0.15) is 0 Å². The minimum atomic E-state index is -2.94. The van der Waals surface area contributed by atoms with Crippen molar-refractivity contribution in [2.24, 2.45) is 5.90 Å². The maximum Gasteiger partial charge on any atom is 0.373 e. The number of hydrogen-bond acceptors (Lipinski definition) is 4. The van der Waals surface area contributed by atoms with E-state index in [1.54, 1.807) is 0 Å². The van der Waals surface area contributed by atoms with Crippen LogP contribution in [0.5, 0.6) is 0 Å². The molecule has 0 saturated heterocycles. The van der Waals surface area contributed by atoms with E-state index in [9.17, 15) is 9.18 Å². The predicted octanol–water partition coefficient (Wildman–Crippen LogP) is -0.726. The summed E-state index contributed by atoms with van der Waals surface area (Å²) in [5.41, 5.74) is 0. The van der Waals surface area contributed by atoms with Gasteiger partial charge in [0.1, 0.15) is 6.61 Å². The highest BCUT2D eigenvalue weighted by molar-refractivity contribution is 5.75. The van der Waals surface area contributed by atoms with Crippen LogP contribution in [0.2, 0.25) is 0 Å². The van der Waals surface area contributed by atoms with Gasteiger partial charge in [-0.2, -0.15) is 4.39 Å². The Morgan fingerprint density at radius 1 is 1.90 bits per heavy atom. The Hall–Kier alpha value is -0.720. The van der Waals surface area contributed by atoms with Crippen LogP contribution in [0.15, 0.2) is 0 Å². The second kappa shape index (κ2) is 3.45. The van der Waals surface area contributed by atoms with E-state index in [1.165, 1.54) is 0 Å². The van der Waals surface area contributed by atoms with E-state index in [0.29, 0.717) is 0 Å². The molecule has 0 aromatic carbocycles. The minimum absolute atomic E-state index is 0.737. The van der Waals surface area contributed by atoms with Crippen LogP contribution in [-0.4, -0.2) is 30.6 Å². The zero-order chi connectivity index (χ0) is 8.20. The van der Waals surface area contributed by atoms with Crippen molar-refractivity contribution in [3.8, 4) is 0 Å². The monoisotopic (exact) mass is 153 g/mol. The molecule has 5 nitrogen and oxygen atoms in total. The van der Waals surface area contributed by atoms with Gasteiger partial charge in [0.2, 0.25) is 0 Å². The van der Waals surface area contributed by atoms with Crippen LogP contribution in [-0.2, 0) is 14.4 Å². The van der Waals surface area contributed by atoms with Crippen molar-refractivity contribution in [3.63, 3.8) is 0 Å². The van der Waals surface area contributed by atoms with E-state index in [0.717, 1.165) is 7.11 Å². The molecule has 0 unspecified atom stereocenters. The smallest absolute Gasteiger partial charge is 0.373 e. The zero-order valence-corrected chi connectivity index (χ0v) is 5.33. The second-order valence-corrected chi connectivity index (χ2v) is 1.58. The average molecular weight is 153 g/mol. The number of carboxylic acid groups (broad SMARTS) is 1. The van der Waals surface area contributed by atoms with E-state index < -0.39 is 18.4 Å². The van der Waals surface area contributed by atoms with Crippen LogP contribution >= 0.6 is 0 Å². The lowest BCUT2D eigenvalue weighted by molar-refractivity contribution is -0.209. The van der Waals surface area contributed by atoms with E-state index >= 15 is 0 Å². The van der Waals surface area contributed by atoms with Gasteiger partial charge < -0.3 is 9.84 Å². The molecule has 0 amide bonds. The molecule has 10 heavy (non-hydrogen) atoms. The van der Waals surface area contributed by atoms with Crippen molar-refractivity contribution in [2.75, 3.05) is 13.7 Å². The van der Waals surface area contributed by atoms with Gasteiger partial charge in [-0.3, -0.25) is 4.84 Å². The number of nitrogens with two attached hydrogens (primary N) is 1. The lowest BCUT2D eigenvalue weighted by atomic mass is 10.3. The molecule has 0 aliphatic rings.